The van der Waals surface area contributed by atoms with Crippen molar-refractivity contribution >= 4 is 17.1 Å². The number of anilines is 3. The molecule has 55 heavy (non-hydrogen) atoms. The molecule has 1 nitrogen and oxygen atoms in total. The van der Waals surface area contributed by atoms with Gasteiger partial charge in [-0.2, -0.15) is 0 Å². The first-order valence-corrected chi connectivity index (χ1v) is 18.8. The van der Waals surface area contributed by atoms with Crippen molar-refractivity contribution in [2.45, 2.75) is 0 Å². The van der Waals surface area contributed by atoms with Crippen LogP contribution < -0.4 is 4.90 Å². The van der Waals surface area contributed by atoms with E-state index in [1.165, 1.54) is 66.8 Å². The monoisotopic (exact) mass is 701 g/mol. The zero-order valence-corrected chi connectivity index (χ0v) is 30.5. The summed E-state index contributed by atoms with van der Waals surface area (Å²) in [6.07, 6.45) is 0. The smallest absolute Gasteiger partial charge is 0.0462 e. The molecule has 0 heterocycles. The summed E-state index contributed by atoms with van der Waals surface area (Å²) >= 11 is 0. The van der Waals surface area contributed by atoms with Crippen molar-refractivity contribution < 1.29 is 0 Å². The molecule has 0 spiro atoms. The molecule has 0 unspecified atom stereocenters. The largest absolute Gasteiger partial charge is 0.311 e. The Hall–Kier alpha value is -7.22. The maximum absolute atomic E-state index is 2.35. The average molecular weight is 702 g/mol. The number of rotatable bonds is 9. The minimum absolute atomic E-state index is 1.09. The van der Waals surface area contributed by atoms with Crippen LogP contribution in [0, 0.1) is 0 Å². The molecule has 0 saturated carbocycles. The fourth-order valence-corrected chi connectivity index (χ4v) is 7.55. The second-order valence-electron chi connectivity index (χ2n) is 13.7. The van der Waals surface area contributed by atoms with Crippen molar-refractivity contribution in [1.29, 1.82) is 0 Å². The van der Waals surface area contributed by atoms with Crippen molar-refractivity contribution in [2.24, 2.45) is 0 Å². The van der Waals surface area contributed by atoms with Gasteiger partial charge in [0.05, 0.1) is 0 Å². The summed E-state index contributed by atoms with van der Waals surface area (Å²) in [6.45, 7) is 0. The van der Waals surface area contributed by atoms with Gasteiger partial charge in [-0.15, -0.1) is 0 Å². The molecule has 0 atom stereocenters. The highest BCUT2D eigenvalue weighted by atomic mass is 15.1. The molecule has 0 bridgehead atoms. The van der Waals surface area contributed by atoms with Crippen LogP contribution in [-0.4, -0.2) is 0 Å². The molecule has 0 amide bonds. The summed E-state index contributed by atoms with van der Waals surface area (Å²) in [6, 6.07) is 84.9. The molecule has 0 aliphatic heterocycles. The van der Waals surface area contributed by atoms with Gasteiger partial charge in [0.25, 0.3) is 0 Å². The number of nitrogens with zero attached hydrogens (tertiary/aromatic N) is 1. The zero-order valence-electron chi connectivity index (χ0n) is 30.5. The maximum Gasteiger partial charge on any atom is 0.0462 e. The van der Waals surface area contributed by atoms with E-state index in [1.54, 1.807) is 0 Å². The number of hydrogen-bond donors (Lipinski definition) is 0. The quantitative estimate of drug-likeness (QED) is 0.145. The Bertz CT molecular complexity index is 2520. The van der Waals surface area contributed by atoms with Gasteiger partial charge in [0.1, 0.15) is 0 Å². The average Bonchev–Trinajstić information content (AvgIpc) is 3.28. The lowest BCUT2D eigenvalue weighted by atomic mass is 9.94. The molecule has 1 heteroatoms. The molecule has 260 valence electrons. The molecule has 0 radical (unpaired) electrons. The van der Waals surface area contributed by atoms with Crippen LogP contribution in [0.2, 0.25) is 0 Å². The second kappa shape index (κ2) is 15.4. The minimum atomic E-state index is 1.09. The van der Waals surface area contributed by atoms with Crippen molar-refractivity contribution in [3.63, 3.8) is 0 Å². The molecule has 0 N–H and O–H groups in total. The highest BCUT2D eigenvalue weighted by Gasteiger charge is 2.16. The van der Waals surface area contributed by atoms with Gasteiger partial charge in [-0.3, -0.25) is 0 Å². The minimum Gasteiger partial charge on any atom is -0.311 e. The van der Waals surface area contributed by atoms with Gasteiger partial charge in [0, 0.05) is 17.1 Å². The highest BCUT2D eigenvalue weighted by molar-refractivity contribution is 5.87. The molecule has 0 aliphatic carbocycles. The Balaban J connectivity index is 1.09. The van der Waals surface area contributed by atoms with E-state index in [0.717, 1.165) is 17.1 Å². The summed E-state index contributed by atoms with van der Waals surface area (Å²) in [5.41, 5.74) is 17.8. The van der Waals surface area contributed by atoms with Gasteiger partial charge in [0.2, 0.25) is 0 Å². The molecular weight excluding hydrogens is 663 g/mol. The molecule has 0 saturated heterocycles. The predicted molar refractivity (Wildman–Crippen MR) is 234 cm³/mol. The van der Waals surface area contributed by atoms with Gasteiger partial charge < -0.3 is 4.90 Å². The van der Waals surface area contributed by atoms with Gasteiger partial charge in [-0.1, -0.05) is 194 Å². The van der Waals surface area contributed by atoms with E-state index >= 15 is 0 Å². The summed E-state index contributed by atoms with van der Waals surface area (Å²) in [5.74, 6) is 0. The van der Waals surface area contributed by atoms with Gasteiger partial charge in [0.15, 0.2) is 0 Å². The molecule has 0 aliphatic rings. The van der Waals surface area contributed by atoms with Crippen LogP contribution in [0.4, 0.5) is 17.1 Å². The van der Waals surface area contributed by atoms with E-state index in [4.69, 9.17) is 0 Å². The molecule has 9 aromatic rings. The van der Waals surface area contributed by atoms with Crippen LogP contribution in [0.1, 0.15) is 0 Å². The first-order valence-electron chi connectivity index (χ1n) is 18.8. The zero-order chi connectivity index (χ0) is 36.8. The van der Waals surface area contributed by atoms with Crippen LogP contribution in [0.15, 0.2) is 237 Å². The number of benzene rings is 9. The lowest BCUT2D eigenvalue weighted by Gasteiger charge is -2.26. The highest BCUT2D eigenvalue weighted by Crippen LogP contribution is 2.40. The summed E-state index contributed by atoms with van der Waals surface area (Å²) < 4.78 is 0. The second-order valence-corrected chi connectivity index (χ2v) is 13.7. The summed E-state index contributed by atoms with van der Waals surface area (Å²) in [5, 5.41) is 0. The van der Waals surface area contributed by atoms with E-state index in [0.29, 0.717) is 0 Å². The topological polar surface area (TPSA) is 3.24 Å². The van der Waals surface area contributed by atoms with Crippen LogP contribution in [0.3, 0.4) is 0 Å². The fraction of sp³-hybridized carbons (Fsp3) is 0. The maximum atomic E-state index is 2.35. The first-order chi connectivity index (χ1) is 27.3. The Kier molecular flexibility index (Phi) is 9.41. The normalized spacial score (nSPS) is 10.9. The molecule has 9 rings (SSSR count). The Morgan fingerprint density at radius 3 is 0.800 bits per heavy atom. The molecule has 9 aromatic carbocycles. The van der Waals surface area contributed by atoms with Gasteiger partial charge >= 0.3 is 0 Å². The van der Waals surface area contributed by atoms with Gasteiger partial charge in [-0.05, 0) is 109 Å². The first kappa shape index (κ1) is 33.6. The van der Waals surface area contributed by atoms with E-state index in [2.05, 4.69) is 241 Å². The van der Waals surface area contributed by atoms with Crippen LogP contribution in [0.5, 0.6) is 0 Å². The van der Waals surface area contributed by atoms with Crippen molar-refractivity contribution in [2.75, 3.05) is 4.90 Å². The van der Waals surface area contributed by atoms with E-state index in [1.807, 2.05) is 0 Å². The standard InChI is InChI=1S/C54H39N/c1-4-15-40(16-5-1)46-21-14-22-47(39-46)41-27-33-48(34-28-41)55(49-35-29-44(30-36-49)53-25-12-10-23-51(53)42-17-6-2-7-18-42)50-37-31-45(32-38-50)54-26-13-11-24-52(54)43-19-8-3-9-20-43/h1-39H. The third kappa shape index (κ3) is 7.12. The lowest BCUT2D eigenvalue weighted by molar-refractivity contribution is 1.28. The van der Waals surface area contributed by atoms with E-state index < -0.39 is 0 Å². The van der Waals surface area contributed by atoms with Crippen LogP contribution in [0.25, 0.3) is 66.8 Å². The van der Waals surface area contributed by atoms with Crippen molar-refractivity contribution in [3.8, 4) is 66.8 Å². The summed E-state index contributed by atoms with van der Waals surface area (Å²) in [7, 11) is 0. The van der Waals surface area contributed by atoms with Crippen molar-refractivity contribution in [1.82, 2.24) is 0 Å². The molecular formula is C54H39N. The molecule has 0 aromatic heterocycles. The SMILES string of the molecule is c1ccc(-c2cccc(-c3ccc(N(c4ccc(-c5ccccc5-c5ccccc5)cc4)c4ccc(-c5ccccc5-c5ccccc5)cc4)cc3)c2)cc1. The third-order valence-corrected chi connectivity index (χ3v) is 10.3. The third-order valence-electron chi connectivity index (χ3n) is 10.3. The fourth-order valence-electron chi connectivity index (χ4n) is 7.55. The van der Waals surface area contributed by atoms with E-state index in [9.17, 15) is 0 Å². The Morgan fingerprint density at radius 2 is 0.436 bits per heavy atom. The van der Waals surface area contributed by atoms with Crippen molar-refractivity contribution in [3.05, 3.63) is 237 Å². The van der Waals surface area contributed by atoms with Crippen LogP contribution >= 0.6 is 0 Å². The Morgan fingerprint density at radius 1 is 0.182 bits per heavy atom. The predicted octanol–water partition coefficient (Wildman–Crippen LogP) is 15.2. The molecule has 0 fully saturated rings. The van der Waals surface area contributed by atoms with Crippen LogP contribution in [-0.2, 0) is 0 Å². The summed E-state index contributed by atoms with van der Waals surface area (Å²) in [4.78, 5) is 2.35. The lowest BCUT2D eigenvalue weighted by Crippen LogP contribution is -2.09. The number of hydrogen-bond acceptors (Lipinski definition) is 1. The Labute approximate surface area is 324 Å². The van der Waals surface area contributed by atoms with E-state index in [-0.39, 0.29) is 0 Å². The van der Waals surface area contributed by atoms with Gasteiger partial charge in [-0.25, -0.2) is 0 Å².